The second kappa shape index (κ2) is 5.10. The van der Waals surface area contributed by atoms with E-state index in [4.69, 9.17) is 0 Å². The van der Waals surface area contributed by atoms with Gasteiger partial charge in [-0.15, -0.1) is 11.3 Å². The Kier molecular flexibility index (Phi) is 3.31. The van der Waals surface area contributed by atoms with Gasteiger partial charge in [0.15, 0.2) is 4.96 Å². The van der Waals surface area contributed by atoms with E-state index < -0.39 is 0 Å². The Morgan fingerprint density at radius 2 is 2.32 bits per heavy atom. The summed E-state index contributed by atoms with van der Waals surface area (Å²) >= 11 is 1.69. The number of thiazole rings is 1. The molecule has 0 radical (unpaired) electrons. The summed E-state index contributed by atoms with van der Waals surface area (Å²) in [5, 5.41) is 12.3. The first-order valence-corrected chi connectivity index (χ1v) is 7.10. The lowest BCUT2D eigenvalue weighted by atomic mass is 10.3. The van der Waals surface area contributed by atoms with Crippen molar-refractivity contribution in [2.75, 3.05) is 6.54 Å². The number of H-pyrrole nitrogens is 1. The number of imidazole rings is 1. The zero-order valence-electron chi connectivity index (χ0n) is 11.0. The molecule has 0 aromatic carbocycles. The van der Waals surface area contributed by atoms with E-state index in [1.165, 1.54) is 17.7 Å². The number of nitrogens with one attached hydrogen (secondary N) is 2. The highest BCUT2D eigenvalue weighted by atomic mass is 32.1. The molecule has 0 atom stereocenters. The molecule has 0 amide bonds. The molecule has 3 aromatic heterocycles. The number of rotatable bonds is 5. The molecule has 100 valence electrons. The quantitative estimate of drug-likeness (QED) is 0.692. The van der Waals surface area contributed by atoms with E-state index in [0.717, 1.165) is 36.0 Å². The average Bonchev–Trinajstić information content (AvgIpc) is 3.07. The topological polar surface area (TPSA) is 70.9 Å². The van der Waals surface area contributed by atoms with Crippen molar-refractivity contribution in [3.63, 3.8) is 0 Å². The van der Waals surface area contributed by atoms with Crippen molar-refractivity contribution in [2.24, 2.45) is 0 Å². The van der Waals surface area contributed by atoms with E-state index in [2.05, 4.69) is 49.1 Å². The number of aryl methyl sites for hydroxylation is 2. The summed E-state index contributed by atoms with van der Waals surface area (Å²) in [6.45, 7) is 5.86. The minimum atomic E-state index is 0.818. The van der Waals surface area contributed by atoms with Crippen molar-refractivity contribution in [2.45, 2.75) is 26.8 Å². The summed E-state index contributed by atoms with van der Waals surface area (Å²) in [7, 11) is 0. The van der Waals surface area contributed by atoms with Crippen LogP contribution < -0.4 is 5.32 Å². The summed E-state index contributed by atoms with van der Waals surface area (Å²) in [5.41, 5.74) is 3.58. The van der Waals surface area contributed by atoms with Gasteiger partial charge in [-0.25, -0.2) is 9.97 Å². The Hall–Kier alpha value is -1.73. The first kappa shape index (κ1) is 12.3. The van der Waals surface area contributed by atoms with E-state index in [-0.39, 0.29) is 0 Å². The maximum atomic E-state index is 4.58. The van der Waals surface area contributed by atoms with E-state index >= 15 is 0 Å². The fraction of sp³-hybridized carbons (Fsp3) is 0.417. The molecule has 0 bridgehead atoms. The molecule has 6 nitrogen and oxygen atoms in total. The molecule has 19 heavy (non-hydrogen) atoms. The molecular formula is C12H16N6S. The zero-order chi connectivity index (χ0) is 13.2. The van der Waals surface area contributed by atoms with Gasteiger partial charge in [0.25, 0.3) is 0 Å². The number of hydrogen-bond donors (Lipinski definition) is 2. The summed E-state index contributed by atoms with van der Waals surface area (Å²) in [5.74, 6) is 0.911. The third-order valence-electron chi connectivity index (χ3n) is 3.13. The van der Waals surface area contributed by atoms with Crippen molar-refractivity contribution in [3.05, 3.63) is 34.6 Å². The molecule has 0 saturated carbocycles. The molecule has 7 heteroatoms. The lowest BCUT2D eigenvalue weighted by Crippen LogP contribution is -2.19. The van der Waals surface area contributed by atoms with Crippen LogP contribution in [-0.2, 0) is 13.0 Å². The third kappa shape index (κ3) is 2.39. The highest BCUT2D eigenvalue weighted by molar-refractivity contribution is 7.15. The Labute approximate surface area is 114 Å². The number of hydrogen-bond acceptors (Lipinski definition) is 5. The van der Waals surface area contributed by atoms with Gasteiger partial charge in [-0.3, -0.25) is 9.50 Å². The Bertz CT molecular complexity index is 666. The van der Waals surface area contributed by atoms with Crippen LogP contribution in [0.4, 0.5) is 0 Å². The molecule has 0 saturated heterocycles. The number of aromatic nitrogens is 5. The van der Waals surface area contributed by atoms with Crippen LogP contribution in [-0.4, -0.2) is 31.1 Å². The van der Waals surface area contributed by atoms with E-state index in [9.17, 15) is 0 Å². The first-order valence-electron chi connectivity index (χ1n) is 6.22. The van der Waals surface area contributed by atoms with E-state index in [1.54, 1.807) is 11.3 Å². The van der Waals surface area contributed by atoms with Crippen LogP contribution in [0.25, 0.3) is 4.96 Å². The van der Waals surface area contributed by atoms with Crippen LogP contribution in [0.15, 0.2) is 11.7 Å². The van der Waals surface area contributed by atoms with Gasteiger partial charge >= 0.3 is 0 Å². The molecule has 3 aromatic rings. The average molecular weight is 276 g/mol. The zero-order valence-corrected chi connectivity index (χ0v) is 11.8. The Balaban J connectivity index is 1.65. The van der Waals surface area contributed by atoms with Crippen molar-refractivity contribution in [1.29, 1.82) is 0 Å². The van der Waals surface area contributed by atoms with Gasteiger partial charge in [-0.1, -0.05) is 0 Å². The highest BCUT2D eigenvalue weighted by Crippen LogP contribution is 2.20. The number of nitrogens with zero attached hydrogens (tertiary/aromatic N) is 4. The van der Waals surface area contributed by atoms with Crippen LogP contribution >= 0.6 is 11.3 Å². The van der Waals surface area contributed by atoms with Gasteiger partial charge in [-0.2, -0.15) is 5.10 Å². The van der Waals surface area contributed by atoms with E-state index in [1.807, 2.05) is 0 Å². The fourth-order valence-electron chi connectivity index (χ4n) is 2.14. The monoisotopic (exact) mass is 276 g/mol. The van der Waals surface area contributed by atoms with Crippen molar-refractivity contribution < 1.29 is 0 Å². The summed E-state index contributed by atoms with van der Waals surface area (Å²) in [4.78, 5) is 9.75. The van der Waals surface area contributed by atoms with Crippen molar-refractivity contribution >= 4 is 16.3 Å². The van der Waals surface area contributed by atoms with E-state index in [0.29, 0.717) is 0 Å². The fourth-order valence-corrected chi connectivity index (χ4v) is 3.07. The maximum absolute atomic E-state index is 4.58. The lowest BCUT2D eigenvalue weighted by Gasteiger charge is -2.05. The second-order valence-corrected chi connectivity index (χ2v) is 5.33. The van der Waals surface area contributed by atoms with Crippen LogP contribution in [0.3, 0.4) is 0 Å². The van der Waals surface area contributed by atoms with Gasteiger partial charge in [0.2, 0.25) is 0 Å². The molecule has 3 heterocycles. The molecular weight excluding hydrogens is 260 g/mol. The normalized spacial score (nSPS) is 11.5. The minimum Gasteiger partial charge on any atom is -0.311 e. The molecule has 2 N–H and O–H groups in total. The summed E-state index contributed by atoms with van der Waals surface area (Å²) in [6.07, 6.45) is 2.39. The highest BCUT2D eigenvalue weighted by Gasteiger charge is 2.11. The third-order valence-corrected chi connectivity index (χ3v) is 4.07. The largest absolute Gasteiger partial charge is 0.311 e. The predicted octanol–water partition coefficient (Wildman–Crippen LogP) is 1.46. The molecule has 0 unspecified atom stereocenters. The van der Waals surface area contributed by atoms with Gasteiger partial charge in [0.1, 0.15) is 12.2 Å². The van der Waals surface area contributed by atoms with Crippen LogP contribution in [0.1, 0.15) is 22.9 Å². The standard InChI is InChI=1S/C12H16N6S/c1-8-6-19-12-16-9(2)10(18(8)12)5-13-4-3-11-14-7-15-17-11/h6-7,13H,3-5H2,1-2H3,(H,14,15,17). The van der Waals surface area contributed by atoms with Crippen LogP contribution in [0, 0.1) is 13.8 Å². The molecule has 3 rings (SSSR count). The molecule has 0 spiro atoms. The predicted molar refractivity (Wildman–Crippen MR) is 74.3 cm³/mol. The lowest BCUT2D eigenvalue weighted by molar-refractivity contribution is 0.654. The SMILES string of the molecule is Cc1nc2scc(C)n2c1CNCCc1ncn[nH]1. The summed E-state index contributed by atoms with van der Waals surface area (Å²) in [6, 6.07) is 0. The van der Waals surface area contributed by atoms with Gasteiger partial charge in [0, 0.05) is 30.6 Å². The smallest absolute Gasteiger partial charge is 0.194 e. The number of fused-ring (bicyclic) bond motifs is 1. The Morgan fingerprint density at radius 1 is 1.42 bits per heavy atom. The minimum absolute atomic E-state index is 0.818. The maximum Gasteiger partial charge on any atom is 0.194 e. The van der Waals surface area contributed by atoms with Gasteiger partial charge < -0.3 is 5.32 Å². The van der Waals surface area contributed by atoms with Crippen molar-refractivity contribution in [3.8, 4) is 0 Å². The van der Waals surface area contributed by atoms with Crippen molar-refractivity contribution in [1.82, 2.24) is 29.9 Å². The molecule has 0 aliphatic rings. The van der Waals surface area contributed by atoms with Crippen LogP contribution in [0.5, 0.6) is 0 Å². The first-order chi connectivity index (χ1) is 9.25. The molecule has 0 aliphatic carbocycles. The van der Waals surface area contributed by atoms with Crippen LogP contribution in [0.2, 0.25) is 0 Å². The molecule has 0 fully saturated rings. The summed E-state index contributed by atoms with van der Waals surface area (Å²) < 4.78 is 2.22. The van der Waals surface area contributed by atoms with Gasteiger partial charge in [0.05, 0.1) is 11.4 Å². The molecule has 0 aliphatic heterocycles. The Morgan fingerprint density at radius 3 is 3.11 bits per heavy atom. The second-order valence-electron chi connectivity index (χ2n) is 4.50. The number of aromatic amines is 1. The van der Waals surface area contributed by atoms with Gasteiger partial charge in [-0.05, 0) is 13.8 Å².